The summed E-state index contributed by atoms with van der Waals surface area (Å²) in [4.78, 5) is 6.49. The van der Waals surface area contributed by atoms with E-state index in [0.29, 0.717) is 0 Å². The fourth-order valence-corrected chi connectivity index (χ4v) is 4.66. The highest BCUT2D eigenvalue weighted by Crippen LogP contribution is 2.16. The lowest BCUT2D eigenvalue weighted by Crippen LogP contribution is -2.46. The van der Waals surface area contributed by atoms with E-state index in [1.54, 1.807) is 0 Å². The Morgan fingerprint density at radius 2 is 1.88 bits per heavy atom. The van der Waals surface area contributed by atoms with Crippen molar-refractivity contribution in [3.05, 3.63) is 33.0 Å². The van der Waals surface area contributed by atoms with Crippen LogP contribution in [0.25, 0.3) is 0 Å². The van der Waals surface area contributed by atoms with E-state index in [2.05, 4.69) is 31.9 Å². The van der Waals surface area contributed by atoms with Gasteiger partial charge in [-0.25, -0.2) is 4.68 Å². The van der Waals surface area contributed by atoms with E-state index >= 15 is 0 Å². The molecule has 0 N–H and O–H groups in total. The summed E-state index contributed by atoms with van der Waals surface area (Å²) in [7, 11) is 0. The molecule has 0 spiro atoms. The third kappa shape index (κ3) is 3.64. The molecule has 7 heteroatoms. The SMILES string of the molecule is S=c1n(CN2CCN(Cc3cccs3)CC2)nc2n1CCCCC2. The molecule has 2 aromatic heterocycles. The summed E-state index contributed by atoms with van der Waals surface area (Å²) in [6.07, 6.45) is 4.84. The van der Waals surface area contributed by atoms with E-state index in [1.807, 2.05) is 16.0 Å². The molecule has 2 aliphatic rings. The van der Waals surface area contributed by atoms with Gasteiger partial charge >= 0.3 is 0 Å². The van der Waals surface area contributed by atoms with Gasteiger partial charge in [-0.3, -0.25) is 9.80 Å². The van der Waals surface area contributed by atoms with E-state index in [4.69, 9.17) is 17.3 Å². The molecule has 2 aliphatic heterocycles. The molecule has 0 radical (unpaired) electrons. The summed E-state index contributed by atoms with van der Waals surface area (Å²) >= 11 is 7.52. The Hall–Kier alpha value is -1.02. The van der Waals surface area contributed by atoms with Gasteiger partial charge in [0.15, 0.2) is 4.77 Å². The fourth-order valence-electron chi connectivity index (χ4n) is 3.62. The van der Waals surface area contributed by atoms with Gasteiger partial charge in [0.2, 0.25) is 0 Å². The van der Waals surface area contributed by atoms with Crippen LogP contribution in [-0.4, -0.2) is 50.3 Å². The lowest BCUT2D eigenvalue weighted by molar-refractivity contribution is 0.0985. The van der Waals surface area contributed by atoms with Gasteiger partial charge in [-0.1, -0.05) is 12.5 Å². The summed E-state index contributed by atoms with van der Waals surface area (Å²) < 4.78 is 5.22. The number of thiophene rings is 1. The molecule has 130 valence electrons. The zero-order valence-electron chi connectivity index (χ0n) is 14.1. The van der Waals surface area contributed by atoms with Gasteiger partial charge in [-0.2, -0.15) is 5.10 Å². The van der Waals surface area contributed by atoms with Gasteiger partial charge in [-0.15, -0.1) is 11.3 Å². The third-order valence-electron chi connectivity index (χ3n) is 5.04. The molecule has 1 fully saturated rings. The van der Waals surface area contributed by atoms with Gasteiger partial charge in [0.05, 0.1) is 6.67 Å². The summed E-state index contributed by atoms with van der Waals surface area (Å²) in [5, 5.41) is 6.97. The van der Waals surface area contributed by atoms with Crippen LogP contribution < -0.4 is 0 Å². The number of aryl methyl sites for hydroxylation is 1. The van der Waals surface area contributed by atoms with Crippen LogP contribution in [0.3, 0.4) is 0 Å². The predicted octanol–water partition coefficient (Wildman–Crippen LogP) is 2.98. The molecule has 24 heavy (non-hydrogen) atoms. The second kappa shape index (κ2) is 7.47. The first-order valence-electron chi connectivity index (χ1n) is 8.93. The first-order valence-corrected chi connectivity index (χ1v) is 10.2. The largest absolute Gasteiger partial charge is 0.304 e. The topological polar surface area (TPSA) is 29.2 Å². The number of nitrogens with zero attached hydrogens (tertiary/aromatic N) is 5. The van der Waals surface area contributed by atoms with Crippen LogP contribution in [0.2, 0.25) is 0 Å². The molecule has 0 bridgehead atoms. The van der Waals surface area contributed by atoms with Crippen molar-refractivity contribution in [3.8, 4) is 0 Å². The van der Waals surface area contributed by atoms with Gasteiger partial charge in [0.25, 0.3) is 0 Å². The number of fused-ring (bicyclic) bond motifs is 1. The highest BCUT2D eigenvalue weighted by Gasteiger charge is 2.20. The van der Waals surface area contributed by atoms with Crippen LogP contribution in [0.4, 0.5) is 0 Å². The highest BCUT2D eigenvalue weighted by molar-refractivity contribution is 7.71. The molecular formula is C17H25N5S2. The minimum Gasteiger partial charge on any atom is -0.304 e. The average Bonchev–Trinajstić information content (AvgIpc) is 3.12. The second-order valence-electron chi connectivity index (χ2n) is 6.78. The van der Waals surface area contributed by atoms with Gasteiger partial charge in [-0.05, 0) is 36.5 Å². The number of piperazine rings is 1. The van der Waals surface area contributed by atoms with Crippen molar-refractivity contribution in [1.29, 1.82) is 0 Å². The Bertz CT molecular complexity index is 710. The zero-order chi connectivity index (χ0) is 16.4. The summed E-state index contributed by atoms with van der Waals surface area (Å²) in [6, 6.07) is 4.37. The summed E-state index contributed by atoms with van der Waals surface area (Å²) in [5.74, 6) is 1.19. The van der Waals surface area contributed by atoms with Crippen molar-refractivity contribution in [2.45, 2.75) is 45.4 Å². The minimum atomic E-state index is 0.839. The second-order valence-corrected chi connectivity index (χ2v) is 8.17. The minimum absolute atomic E-state index is 0.839. The number of hydrogen-bond donors (Lipinski definition) is 0. The molecule has 4 rings (SSSR count). The van der Waals surface area contributed by atoms with Crippen LogP contribution >= 0.6 is 23.6 Å². The number of aromatic nitrogens is 3. The molecule has 5 nitrogen and oxygen atoms in total. The summed E-state index contributed by atoms with van der Waals surface area (Å²) in [5.41, 5.74) is 0. The molecule has 0 unspecified atom stereocenters. The molecular weight excluding hydrogens is 338 g/mol. The first kappa shape index (κ1) is 16.4. The van der Waals surface area contributed by atoms with Crippen molar-refractivity contribution in [3.63, 3.8) is 0 Å². The monoisotopic (exact) mass is 363 g/mol. The van der Waals surface area contributed by atoms with Crippen LogP contribution in [-0.2, 0) is 26.2 Å². The molecule has 0 aromatic carbocycles. The van der Waals surface area contributed by atoms with E-state index in [-0.39, 0.29) is 0 Å². The van der Waals surface area contributed by atoms with Crippen LogP contribution in [0.15, 0.2) is 17.5 Å². The van der Waals surface area contributed by atoms with Crippen molar-refractivity contribution < 1.29 is 0 Å². The lowest BCUT2D eigenvalue weighted by Gasteiger charge is -2.34. The fraction of sp³-hybridized carbons (Fsp3) is 0.647. The van der Waals surface area contributed by atoms with E-state index < -0.39 is 0 Å². The Morgan fingerprint density at radius 1 is 1.04 bits per heavy atom. The maximum Gasteiger partial charge on any atom is 0.199 e. The molecule has 0 amide bonds. The number of hydrogen-bond acceptors (Lipinski definition) is 5. The predicted molar refractivity (Wildman–Crippen MR) is 99.8 cm³/mol. The standard InChI is InChI=1S/C17H25N5S2/c23-17-21-7-3-1-2-6-16(21)18-22(17)14-20-10-8-19(9-11-20)13-15-5-4-12-24-15/h4-5,12H,1-3,6-11,13-14H2. The van der Waals surface area contributed by atoms with Crippen molar-refractivity contribution in [1.82, 2.24) is 24.1 Å². The number of rotatable bonds is 4. The third-order valence-corrected chi connectivity index (χ3v) is 6.33. The van der Waals surface area contributed by atoms with Crippen molar-refractivity contribution in [2.75, 3.05) is 26.2 Å². The average molecular weight is 364 g/mol. The lowest BCUT2D eigenvalue weighted by atomic mass is 10.2. The Balaban J connectivity index is 1.35. The van der Waals surface area contributed by atoms with Gasteiger partial charge in [0, 0.05) is 50.6 Å². The Morgan fingerprint density at radius 3 is 2.67 bits per heavy atom. The van der Waals surface area contributed by atoms with Crippen LogP contribution in [0.1, 0.15) is 30.0 Å². The Kier molecular flexibility index (Phi) is 5.12. The van der Waals surface area contributed by atoms with Gasteiger partial charge < -0.3 is 4.57 Å². The van der Waals surface area contributed by atoms with Crippen LogP contribution in [0, 0.1) is 4.77 Å². The zero-order valence-corrected chi connectivity index (χ0v) is 15.7. The molecule has 0 saturated carbocycles. The molecule has 2 aromatic rings. The Labute approximate surface area is 152 Å². The molecule has 4 heterocycles. The molecule has 0 aliphatic carbocycles. The van der Waals surface area contributed by atoms with Crippen LogP contribution in [0.5, 0.6) is 0 Å². The maximum atomic E-state index is 5.67. The smallest absolute Gasteiger partial charge is 0.199 e. The van der Waals surface area contributed by atoms with Crippen molar-refractivity contribution >= 4 is 23.6 Å². The van der Waals surface area contributed by atoms with E-state index in [0.717, 1.165) is 57.1 Å². The normalized spacial score (nSPS) is 20.0. The van der Waals surface area contributed by atoms with Crippen molar-refractivity contribution in [2.24, 2.45) is 0 Å². The maximum absolute atomic E-state index is 5.67. The van der Waals surface area contributed by atoms with E-state index in [9.17, 15) is 0 Å². The molecule has 0 atom stereocenters. The first-order chi connectivity index (χ1) is 11.8. The molecule has 1 saturated heterocycles. The van der Waals surface area contributed by atoms with Gasteiger partial charge in [0.1, 0.15) is 5.82 Å². The highest BCUT2D eigenvalue weighted by atomic mass is 32.1. The summed E-state index contributed by atoms with van der Waals surface area (Å²) in [6.45, 7) is 7.40. The van der Waals surface area contributed by atoms with E-state index in [1.165, 1.54) is 30.0 Å². The quantitative estimate of drug-likeness (QED) is 0.781.